The molecule has 0 aromatic carbocycles. The first kappa shape index (κ1) is 10.4. The van der Waals surface area contributed by atoms with Gasteiger partial charge in [0.25, 0.3) is 0 Å². The summed E-state index contributed by atoms with van der Waals surface area (Å²) >= 11 is 0. The predicted molar refractivity (Wildman–Crippen MR) is 60.4 cm³/mol. The van der Waals surface area contributed by atoms with E-state index in [1.807, 2.05) is 0 Å². The van der Waals surface area contributed by atoms with Gasteiger partial charge in [-0.15, -0.1) is 0 Å². The van der Waals surface area contributed by atoms with Crippen LogP contribution in [0.5, 0.6) is 0 Å². The molecule has 2 rings (SSSR count). The Labute approximate surface area is 88.1 Å². The Hall–Kier alpha value is -0.0800. The summed E-state index contributed by atoms with van der Waals surface area (Å²) in [6, 6.07) is 1.59. The van der Waals surface area contributed by atoms with Gasteiger partial charge in [0.2, 0.25) is 0 Å². The molecule has 4 unspecified atom stereocenters. The molecule has 0 amide bonds. The van der Waals surface area contributed by atoms with E-state index in [2.05, 4.69) is 31.0 Å². The molecule has 0 aromatic rings. The van der Waals surface area contributed by atoms with Gasteiger partial charge in [0, 0.05) is 18.6 Å². The molecule has 14 heavy (non-hydrogen) atoms. The van der Waals surface area contributed by atoms with Crippen LogP contribution in [0, 0.1) is 11.8 Å². The average molecular weight is 196 g/mol. The fraction of sp³-hybridized carbons (Fsp3) is 1.00. The van der Waals surface area contributed by atoms with Crippen molar-refractivity contribution in [3.63, 3.8) is 0 Å². The predicted octanol–water partition coefficient (Wildman–Crippen LogP) is 1.71. The van der Waals surface area contributed by atoms with E-state index in [1.165, 1.54) is 32.5 Å². The fourth-order valence-electron chi connectivity index (χ4n) is 3.08. The Kier molecular flexibility index (Phi) is 3.13. The number of piperidine rings is 1. The first-order valence-electron chi connectivity index (χ1n) is 6.16. The Balaban J connectivity index is 2.01. The lowest BCUT2D eigenvalue weighted by molar-refractivity contribution is 0.0605. The van der Waals surface area contributed by atoms with Crippen LogP contribution in [0.2, 0.25) is 0 Å². The maximum absolute atomic E-state index is 3.51. The maximum atomic E-state index is 3.51. The summed E-state index contributed by atoms with van der Waals surface area (Å²) in [6.45, 7) is 10.9. The van der Waals surface area contributed by atoms with E-state index in [4.69, 9.17) is 0 Å². The van der Waals surface area contributed by atoms with Gasteiger partial charge >= 0.3 is 0 Å². The molecule has 0 radical (unpaired) electrons. The number of nitrogens with one attached hydrogen (secondary N) is 1. The Bertz CT molecular complexity index is 193. The molecule has 4 atom stereocenters. The summed E-state index contributed by atoms with van der Waals surface area (Å²) < 4.78 is 0. The highest BCUT2D eigenvalue weighted by atomic mass is 15.2. The lowest BCUT2D eigenvalue weighted by Gasteiger charge is -2.42. The molecule has 2 heteroatoms. The van der Waals surface area contributed by atoms with Gasteiger partial charge < -0.3 is 5.32 Å². The van der Waals surface area contributed by atoms with Gasteiger partial charge in [0.05, 0.1) is 0 Å². The standard InChI is InChI=1S/C12H24N2/c1-9-5-4-6-14(11(9)3)12-8-13-7-10(12)2/h9-13H,4-8H2,1-3H3. The number of hydrogen-bond acceptors (Lipinski definition) is 2. The van der Waals surface area contributed by atoms with E-state index in [9.17, 15) is 0 Å². The third-order valence-corrected chi connectivity index (χ3v) is 4.33. The van der Waals surface area contributed by atoms with Crippen molar-refractivity contribution in [2.45, 2.75) is 45.7 Å². The van der Waals surface area contributed by atoms with Crippen LogP contribution in [0.25, 0.3) is 0 Å². The van der Waals surface area contributed by atoms with E-state index >= 15 is 0 Å². The minimum atomic E-state index is 0.788. The van der Waals surface area contributed by atoms with Crippen LogP contribution < -0.4 is 5.32 Å². The summed E-state index contributed by atoms with van der Waals surface area (Å²) in [6.07, 6.45) is 2.82. The molecular formula is C12H24N2. The van der Waals surface area contributed by atoms with Crippen LogP contribution in [-0.2, 0) is 0 Å². The van der Waals surface area contributed by atoms with Gasteiger partial charge in [-0.3, -0.25) is 4.90 Å². The molecule has 82 valence electrons. The first-order chi connectivity index (χ1) is 6.70. The van der Waals surface area contributed by atoms with E-state index in [0.717, 1.165) is 23.9 Å². The van der Waals surface area contributed by atoms with E-state index in [0.29, 0.717) is 0 Å². The first-order valence-corrected chi connectivity index (χ1v) is 6.16. The average Bonchev–Trinajstić information content (AvgIpc) is 2.57. The SMILES string of the molecule is CC1CCCN(C2CNCC2C)C1C. The monoisotopic (exact) mass is 196 g/mol. The summed E-state index contributed by atoms with van der Waals surface area (Å²) in [4.78, 5) is 2.75. The third-order valence-electron chi connectivity index (χ3n) is 4.33. The lowest BCUT2D eigenvalue weighted by atomic mass is 9.89. The van der Waals surface area contributed by atoms with Crippen LogP contribution in [-0.4, -0.2) is 36.6 Å². The van der Waals surface area contributed by atoms with Crippen molar-refractivity contribution < 1.29 is 0 Å². The van der Waals surface area contributed by atoms with Crippen molar-refractivity contribution >= 4 is 0 Å². The molecule has 2 nitrogen and oxygen atoms in total. The van der Waals surface area contributed by atoms with Crippen molar-refractivity contribution in [1.82, 2.24) is 10.2 Å². The van der Waals surface area contributed by atoms with E-state index in [1.54, 1.807) is 0 Å². The van der Waals surface area contributed by atoms with Gasteiger partial charge in [-0.05, 0) is 44.7 Å². The second-order valence-corrected chi connectivity index (χ2v) is 5.30. The zero-order valence-electron chi connectivity index (χ0n) is 9.79. The Morgan fingerprint density at radius 3 is 2.50 bits per heavy atom. The molecule has 2 fully saturated rings. The van der Waals surface area contributed by atoms with Crippen molar-refractivity contribution in [2.24, 2.45) is 11.8 Å². The molecule has 0 bridgehead atoms. The van der Waals surface area contributed by atoms with Crippen molar-refractivity contribution in [1.29, 1.82) is 0 Å². The Morgan fingerprint density at radius 2 is 1.86 bits per heavy atom. The van der Waals surface area contributed by atoms with Crippen LogP contribution in [0.4, 0.5) is 0 Å². The third kappa shape index (κ3) is 1.82. The second-order valence-electron chi connectivity index (χ2n) is 5.30. The normalized spacial score (nSPS) is 45.6. The van der Waals surface area contributed by atoms with Crippen molar-refractivity contribution in [3.05, 3.63) is 0 Å². The zero-order chi connectivity index (χ0) is 10.1. The summed E-state index contributed by atoms with van der Waals surface area (Å²) in [5.74, 6) is 1.72. The topological polar surface area (TPSA) is 15.3 Å². The fourth-order valence-corrected chi connectivity index (χ4v) is 3.08. The molecule has 2 aliphatic heterocycles. The number of likely N-dealkylation sites (tertiary alicyclic amines) is 1. The number of rotatable bonds is 1. The summed E-state index contributed by atoms with van der Waals surface area (Å²) in [5.41, 5.74) is 0. The van der Waals surface area contributed by atoms with Gasteiger partial charge in [-0.1, -0.05) is 13.8 Å². The van der Waals surface area contributed by atoms with Gasteiger partial charge in [0.15, 0.2) is 0 Å². The van der Waals surface area contributed by atoms with Crippen LogP contribution >= 0.6 is 0 Å². The number of hydrogen-bond donors (Lipinski definition) is 1. The van der Waals surface area contributed by atoms with Gasteiger partial charge in [0.1, 0.15) is 0 Å². The summed E-state index contributed by atoms with van der Waals surface area (Å²) in [7, 11) is 0. The smallest absolute Gasteiger partial charge is 0.0261 e. The molecule has 0 saturated carbocycles. The minimum absolute atomic E-state index is 0.788. The highest BCUT2D eigenvalue weighted by molar-refractivity contribution is 4.91. The summed E-state index contributed by atoms with van der Waals surface area (Å²) in [5, 5.41) is 3.51. The zero-order valence-corrected chi connectivity index (χ0v) is 9.79. The van der Waals surface area contributed by atoms with Crippen LogP contribution in [0.15, 0.2) is 0 Å². The molecule has 0 aliphatic carbocycles. The lowest BCUT2D eigenvalue weighted by Crippen LogP contribution is -2.50. The van der Waals surface area contributed by atoms with E-state index < -0.39 is 0 Å². The molecule has 2 aliphatic rings. The van der Waals surface area contributed by atoms with E-state index in [-0.39, 0.29) is 0 Å². The van der Waals surface area contributed by atoms with Gasteiger partial charge in [-0.2, -0.15) is 0 Å². The molecule has 2 heterocycles. The van der Waals surface area contributed by atoms with Crippen molar-refractivity contribution in [2.75, 3.05) is 19.6 Å². The number of nitrogens with zero attached hydrogens (tertiary/aromatic N) is 1. The second kappa shape index (κ2) is 4.19. The van der Waals surface area contributed by atoms with Crippen LogP contribution in [0.3, 0.4) is 0 Å². The molecular weight excluding hydrogens is 172 g/mol. The Morgan fingerprint density at radius 1 is 1.07 bits per heavy atom. The quantitative estimate of drug-likeness (QED) is 0.687. The van der Waals surface area contributed by atoms with Crippen LogP contribution in [0.1, 0.15) is 33.6 Å². The molecule has 0 aromatic heterocycles. The van der Waals surface area contributed by atoms with Crippen molar-refractivity contribution in [3.8, 4) is 0 Å². The highest BCUT2D eigenvalue weighted by Crippen LogP contribution is 2.28. The maximum Gasteiger partial charge on any atom is 0.0261 e. The highest BCUT2D eigenvalue weighted by Gasteiger charge is 2.35. The molecule has 1 N–H and O–H groups in total. The minimum Gasteiger partial charge on any atom is -0.315 e. The molecule has 2 saturated heterocycles. The van der Waals surface area contributed by atoms with Gasteiger partial charge in [-0.25, -0.2) is 0 Å². The molecule has 0 spiro atoms. The largest absolute Gasteiger partial charge is 0.315 e.